The topological polar surface area (TPSA) is 97.3 Å². The molecule has 8 nitrogen and oxygen atoms in total. The normalized spacial score (nSPS) is 22.6. The molecule has 0 saturated carbocycles. The van der Waals surface area contributed by atoms with Gasteiger partial charge in [0, 0.05) is 13.0 Å². The number of hydrogen-bond donors (Lipinski definition) is 2. The number of nitrogens with zero attached hydrogens (tertiary/aromatic N) is 1. The third kappa shape index (κ3) is 8.97. The third-order valence-corrected chi connectivity index (χ3v) is 5.48. The number of aliphatic hydroxyl groups excluding tert-OH is 1. The number of hydrogen-bond acceptors (Lipinski definition) is 6. The van der Waals surface area contributed by atoms with Crippen LogP contribution in [0, 0.1) is 17.0 Å². The molecule has 5 atom stereocenters. The van der Waals surface area contributed by atoms with Crippen LogP contribution in [0.25, 0.3) is 0 Å². The molecule has 1 aliphatic rings. The van der Waals surface area contributed by atoms with Crippen LogP contribution in [0.4, 0.5) is 13.6 Å². The summed E-state index contributed by atoms with van der Waals surface area (Å²) in [6, 6.07) is 0.465. The Morgan fingerprint density at radius 3 is 2.25 bits per heavy atom. The number of morpholine rings is 1. The average molecular weight is 515 g/mol. The number of carbonyl (C=O) groups is 2. The molecule has 1 saturated heterocycles. The Labute approximate surface area is 212 Å². The second kappa shape index (κ2) is 11.8. The van der Waals surface area contributed by atoms with E-state index in [0.29, 0.717) is 6.61 Å². The van der Waals surface area contributed by atoms with Crippen molar-refractivity contribution in [2.45, 2.75) is 97.9 Å². The van der Waals surface area contributed by atoms with Crippen LogP contribution in [0.15, 0.2) is 18.2 Å². The zero-order valence-corrected chi connectivity index (χ0v) is 22.4. The van der Waals surface area contributed by atoms with Crippen molar-refractivity contribution in [2.75, 3.05) is 13.2 Å². The van der Waals surface area contributed by atoms with Gasteiger partial charge in [0.2, 0.25) is 5.91 Å². The molecule has 1 aromatic carbocycles. The number of halogens is 2. The molecule has 0 radical (unpaired) electrons. The van der Waals surface area contributed by atoms with Crippen molar-refractivity contribution in [1.82, 2.24) is 10.2 Å². The van der Waals surface area contributed by atoms with Gasteiger partial charge in [-0.15, -0.1) is 0 Å². The van der Waals surface area contributed by atoms with Crippen LogP contribution in [-0.4, -0.2) is 71.3 Å². The van der Waals surface area contributed by atoms with Gasteiger partial charge in [-0.1, -0.05) is 20.8 Å². The fourth-order valence-electron chi connectivity index (χ4n) is 4.01. The highest BCUT2D eigenvalue weighted by molar-refractivity contribution is 5.73. The Hall–Kier alpha value is -2.30. The van der Waals surface area contributed by atoms with Gasteiger partial charge in [-0.3, -0.25) is 9.69 Å². The van der Waals surface area contributed by atoms with Gasteiger partial charge in [-0.25, -0.2) is 13.6 Å². The molecule has 36 heavy (non-hydrogen) atoms. The number of benzene rings is 1. The molecule has 1 fully saturated rings. The molecule has 0 aliphatic carbocycles. The maximum atomic E-state index is 13.8. The van der Waals surface area contributed by atoms with Crippen molar-refractivity contribution in [3.8, 4) is 0 Å². The minimum Gasteiger partial charge on any atom is -0.444 e. The number of ether oxygens (including phenoxy) is 3. The van der Waals surface area contributed by atoms with E-state index < -0.39 is 59.8 Å². The van der Waals surface area contributed by atoms with Crippen LogP contribution >= 0.6 is 0 Å². The van der Waals surface area contributed by atoms with Crippen LogP contribution in [0.3, 0.4) is 0 Å². The number of amides is 2. The van der Waals surface area contributed by atoms with Crippen molar-refractivity contribution >= 4 is 12.0 Å². The Morgan fingerprint density at radius 2 is 1.75 bits per heavy atom. The quantitative estimate of drug-likeness (QED) is 0.575. The summed E-state index contributed by atoms with van der Waals surface area (Å²) in [6.07, 6.45) is -2.87. The second-order valence-electron chi connectivity index (χ2n) is 11.5. The highest BCUT2D eigenvalue weighted by atomic mass is 19.1. The maximum Gasteiger partial charge on any atom is 0.411 e. The smallest absolute Gasteiger partial charge is 0.411 e. The predicted octanol–water partition coefficient (Wildman–Crippen LogP) is 3.79. The van der Waals surface area contributed by atoms with Crippen molar-refractivity contribution < 1.29 is 37.7 Å². The first-order valence-electron chi connectivity index (χ1n) is 12.1. The molecule has 0 aromatic heterocycles. The Bertz CT molecular complexity index is 894. The maximum absolute atomic E-state index is 13.8. The molecular weight excluding hydrogens is 474 g/mol. The van der Waals surface area contributed by atoms with Crippen molar-refractivity contribution in [3.63, 3.8) is 0 Å². The number of carbonyl (C=O) groups excluding carboxylic acids is 2. The van der Waals surface area contributed by atoms with Crippen LogP contribution in [0.1, 0.15) is 61.0 Å². The standard InChI is InChI=1S/C26H40F2N2O6/c1-15-23(35-14-25(3,4)5)34-13-21(30(15)24(33)36-26(6,7)8)22(32)20(29-16(2)31)11-17-9-18(27)12-19(28)10-17/h9-10,12,15,20-23,32H,11,13-14H2,1-8H3,(H,29,31)/t15-,20-,21+,22-,23-/m0/s1. The molecule has 0 bridgehead atoms. The van der Waals surface area contributed by atoms with Gasteiger partial charge in [0.25, 0.3) is 0 Å². The molecule has 0 spiro atoms. The fraction of sp³-hybridized carbons (Fsp3) is 0.692. The summed E-state index contributed by atoms with van der Waals surface area (Å²) in [4.78, 5) is 26.6. The van der Waals surface area contributed by atoms with E-state index in [-0.39, 0.29) is 24.0 Å². The average Bonchev–Trinajstić information content (AvgIpc) is 2.68. The monoisotopic (exact) mass is 514 g/mol. The predicted molar refractivity (Wildman–Crippen MR) is 130 cm³/mol. The van der Waals surface area contributed by atoms with E-state index in [2.05, 4.69) is 5.32 Å². The van der Waals surface area contributed by atoms with E-state index >= 15 is 0 Å². The summed E-state index contributed by atoms with van der Waals surface area (Å²) in [7, 11) is 0. The first-order valence-corrected chi connectivity index (χ1v) is 12.1. The molecule has 10 heteroatoms. The Morgan fingerprint density at radius 1 is 1.17 bits per heavy atom. The molecule has 2 amide bonds. The van der Waals surface area contributed by atoms with E-state index in [9.17, 15) is 23.5 Å². The molecule has 2 N–H and O–H groups in total. The minimum absolute atomic E-state index is 0.0770. The van der Waals surface area contributed by atoms with Gasteiger partial charge in [0.15, 0.2) is 6.29 Å². The van der Waals surface area contributed by atoms with Gasteiger partial charge in [-0.05, 0) is 57.2 Å². The Balaban J connectivity index is 2.36. The lowest BCUT2D eigenvalue weighted by Gasteiger charge is -2.47. The second-order valence-corrected chi connectivity index (χ2v) is 11.5. The van der Waals surface area contributed by atoms with E-state index in [1.807, 2.05) is 20.8 Å². The zero-order chi connectivity index (χ0) is 27.4. The fourth-order valence-corrected chi connectivity index (χ4v) is 4.01. The molecule has 204 valence electrons. The molecular formula is C26H40F2N2O6. The summed E-state index contributed by atoms with van der Waals surface area (Å²) in [5.74, 6) is -1.99. The zero-order valence-electron chi connectivity index (χ0n) is 22.4. The van der Waals surface area contributed by atoms with Gasteiger partial charge < -0.3 is 24.6 Å². The van der Waals surface area contributed by atoms with Crippen molar-refractivity contribution in [3.05, 3.63) is 35.4 Å². The molecule has 1 heterocycles. The van der Waals surface area contributed by atoms with Crippen LogP contribution in [0.5, 0.6) is 0 Å². The SMILES string of the molecule is CC(=O)N[C@@H](Cc1cc(F)cc(F)c1)[C@H](O)[C@H]1CO[C@@H](OCC(C)(C)C)[C@H](C)N1C(=O)OC(C)(C)C. The van der Waals surface area contributed by atoms with Crippen LogP contribution in [-0.2, 0) is 25.4 Å². The lowest BCUT2D eigenvalue weighted by molar-refractivity contribution is -0.233. The van der Waals surface area contributed by atoms with Gasteiger partial charge in [0.05, 0.1) is 37.4 Å². The molecule has 2 rings (SSSR count). The summed E-state index contributed by atoms with van der Waals surface area (Å²) < 4.78 is 45.0. The lowest BCUT2D eigenvalue weighted by Crippen LogP contribution is -2.66. The molecule has 1 aliphatic heterocycles. The molecule has 0 unspecified atom stereocenters. The number of rotatable bonds is 7. The van der Waals surface area contributed by atoms with E-state index in [4.69, 9.17) is 14.2 Å². The highest BCUT2D eigenvalue weighted by Crippen LogP contribution is 2.28. The number of nitrogens with one attached hydrogen (secondary N) is 1. The summed E-state index contributed by atoms with van der Waals surface area (Å²) in [5.41, 5.74) is -0.708. The van der Waals surface area contributed by atoms with E-state index in [0.717, 1.165) is 18.2 Å². The number of aliphatic hydroxyl groups is 1. The Kier molecular flexibility index (Phi) is 9.84. The van der Waals surface area contributed by atoms with Gasteiger partial charge in [-0.2, -0.15) is 0 Å². The molecule has 1 aromatic rings. The lowest BCUT2D eigenvalue weighted by atomic mass is 9.94. The van der Waals surface area contributed by atoms with Crippen LogP contribution in [0.2, 0.25) is 0 Å². The van der Waals surface area contributed by atoms with Gasteiger partial charge in [0.1, 0.15) is 17.2 Å². The highest BCUT2D eigenvalue weighted by Gasteiger charge is 2.46. The van der Waals surface area contributed by atoms with E-state index in [1.54, 1.807) is 27.7 Å². The third-order valence-electron chi connectivity index (χ3n) is 5.48. The van der Waals surface area contributed by atoms with Gasteiger partial charge >= 0.3 is 6.09 Å². The largest absolute Gasteiger partial charge is 0.444 e. The van der Waals surface area contributed by atoms with Crippen molar-refractivity contribution in [2.24, 2.45) is 5.41 Å². The van der Waals surface area contributed by atoms with E-state index in [1.165, 1.54) is 11.8 Å². The minimum atomic E-state index is -1.35. The summed E-state index contributed by atoms with van der Waals surface area (Å²) in [6.45, 7) is 14.5. The first kappa shape index (κ1) is 29.9. The summed E-state index contributed by atoms with van der Waals surface area (Å²) in [5, 5.41) is 14.0. The van der Waals surface area contributed by atoms with Crippen LogP contribution < -0.4 is 5.32 Å². The summed E-state index contributed by atoms with van der Waals surface area (Å²) >= 11 is 0. The first-order chi connectivity index (χ1) is 16.5. The van der Waals surface area contributed by atoms with Crippen molar-refractivity contribution in [1.29, 1.82) is 0 Å².